The predicted octanol–water partition coefficient (Wildman–Crippen LogP) is 0.896. The molecule has 0 saturated carbocycles. The Morgan fingerprint density at radius 2 is 2.14 bits per heavy atom. The van der Waals surface area contributed by atoms with Crippen LogP contribution in [-0.4, -0.2) is 62.6 Å². The Morgan fingerprint density at radius 1 is 1.38 bits per heavy atom. The van der Waals surface area contributed by atoms with E-state index in [1.54, 1.807) is 13.0 Å². The molecule has 1 aliphatic heterocycles. The summed E-state index contributed by atoms with van der Waals surface area (Å²) in [7, 11) is 1.49. The van der Waals surface area contributed by atoms with Crippen LogP contribution in [0.5, 0.6) is 0 Å². The molecule has 150 valence electrons. The minimum atomic E-state index is -1.32. The number of aromatic carboxylic acids is 1. The second-order valence-corrected chi connectivity index (χ2v) is 7.53. The van der Waals surface area contributed by atoms with E-state index in [0.717, 1.165) is 11.5 Å². The van der Waals surface area contributed by atoms with E-state index in [-0.39, 0.29) is 29.3 Å². The van der Waals surface area contributed by atoms with E-state index in [4.69, 9.17) is 4.74 Å². The molecule has 0 aliphatic carbocycles. The van der Waals surface area contributed by atoms with Gasteiger partial charge in [0.1, 0.15) is 24.3 Å². The smallest absolute Gasteiger partial charge is 0.341 e. The zero-order chi connectivity index (χ0) is 20.7. The van der Waals surface area contributed by atoms with Gasteiger partial charge in [-0.1, -0.05) is 0 Å². The van der Waals surface area contributed by atoms with Crippen molar-refractivity contribution in [3.63, 3.8) is 0 Å². The molecule has 0 atom stereocenters. The molecule has 10 nitrogen and oxygen atoms in total. The summed E-state index contributed by atoms with van der Waals surface area (Å²) >= 11 is 1.06. The summed E-state index contributed by atoms with van der Waals surface area (Å²) in [5.74, 6) is -0.788. The molecular formula is C18H17N5O5S. The molecule has 1 aliphatic rings. The fraction of sp³-hybridized carbons (Fsp3) is 0.333. The maximum atomic E-state index is 12.8. The number of carbonyl (C=O) groups excluding carboxylic acids is 1. The predicted molar refractivity (Wildman–Crippen MR) is 105 cm³/mol. The van der Waals surface area contributed by atoms with Gasteiger partial charge >= 0.3 is 5.97 Å². The van der Waals surface area contributed by atoms with Gasteiger partial charge in [-0.25, -0.2) is 14.8 Å². The van der Waals surface area contributed by atoms with Gasteiger partial charge in [-0.2, -0.15) is 4.37 Å². The lowest BCUT2D eigenvalue weighted by Gasteiger charge is -2.39. The molecule has 0 amide bonds. The maximum absolute atomic E-state index is 12.8. The standard InChI is InChI=1S/C18H17N5O5S/c1-9-3-13(22-4-10(5-22)12(24)7-28-2)21-16-14(9)15(25)11(17(26)27)6-23(16)18-19-8-20-29-18/h3,6,8,10H,4-5,7H2,1-2H3,(H,26,27). The van der Waals surface area contributed by atoms with Crippen molar-refractivity contribution in [1.29, 1.82) is 0 Å². The maximum Gasteiger partial charge on any atom is 0.341 e. The highest BCUT2D eigenvalue weighted by Crippen LogP contribution is 2.28. The molecule has 0 bridgehead atoms. The number of carboxylic acid groups (broad SMARTS) is 1. The van der Waals surface area contributed by atoms with E-state index in [9.17, 15) is 19.5 Å². The molecule has 29 heavy (non-hydrogen) atoms. The summed E-state index contributed by atoms with van der Waals surface area (Å²) in [6.45, 7) is 2.84. The summed E-state index contributed by atoms with van der Waals surface area (Å²) in [5.41, 5.74) is -0.0532. The zero-order valence-corrected chi connectivity index (χ0v) is 16.5. The van der Waals surface area contributed by atoms with Crippen LogP contribution < -0.4 is 10.3 Å². The number of carboxylic acids is 1. The van der Waals surface area contributed by atoms with E-state index >= 15 is 0 Å². The molecule has 4 rings (SSSR count). The van der Waals surface area contributed by atoms with Crippen molar-refractivity contribution in [3.05, 3.63) is 39.9 Å². The molecule has 4 heterocycles. The second kappa shape index (κ2) is 7.33. The number of carbonyl (C=O) groups is 2. The van der Waals surface area contributed by atoms with Crippen LogP contribution in [0.3, 0.4) is 0 Å². The van der Waals surface area contributed by atoms with Crippen LogP contribution >= 0.6 is 11.5 Å². The fourth-order valence-corrected chi connectivity index (χ4v) is 3.85. The number of nitrogens with zero attached hydrogens (tertiary/aromatic N) is 5. The van der Waals surface area contributed by atoms with Crippen molar-refractivity contribution < 1.29 is 19.4 Å². The highest BCUT2D eigenvalue weighted by Gasteiger charge is 2.33. The van der Waals surface area contributed by atoms with Gasteiger partial charge in [0.15, 0.2) is 11.4 Å². The first-order valence-electron chi connectivity index (χ1n) is 8.74. The lowest BCUT2D eigenvalue weighted by atomic mass is 9.95. The Balaban J connectivity index is 1.82. The minimum absolute atomic E-state index is 0.0399. The Kier molecular flexibility index (Phi) is 4.84. The first kappa shape index (κ1) is 19.2. The number of ketones is 1. The van der Waals surface area contributed by atoms with Gasteiger partial charge in [0, 0.05) is 37.9 Å². The highest BCUT2D eigenvalue weighted by molar-refractivity contribution is 7.08. The van der Waals surface area contributed by atoms with Crippen molar-refractivity contribution in [2.24, 2.45) is 5.92 Å². The summed E-state index contributed by atoms with van der Waals surface area (Å²) in [6, 6.07) is 1.73. The van der Waals surface area contributed by atoms with E-state index in [0.29, 0.717) is 35.2 Å². The number of pyridine rings is 2. The third-order valence-electron chi connectivity index (χ3n) is 4.88. The number of Topliss-reactive ketones (excluding diaryl/α,β-unsaturated/α-hetero) is 1. The molecule has 1 fully saturated rings. The second-order valence-electron chi connectivity index (χ2n) is 6.77. The first-order valence-corrected chi connectivity index (χ1v) is 9.52. The third-order valence-corrected chi connectivity index (χ3v) is 5.54. The number of aryl methyl sites for hydroxylation is 1. The number of anilines is 1. The van der Waals surface area contributed by atoms with Gasteiger partial charge in [0.05, 0.1) is 11.3 Å². The lowest BCUT2D eigenvalue weighted by Crippen LogP contribution is -2.51. The summed E-state index contributed by atoms with van der Waals surface area (Å²) in [5, 5.41) is 10.1. The van der Waals surface area contributed by atoms with E-state index in [2.05, 4.69) is 14.3 Å². The van der Waals surface area contributed by atoms with E-state index < -0.39 is 11.4 Å². The molecule has 0 unspecified atom stereocenters. The molecular weight excluding hydrogens is 398 g/mol. The highest BCUT2D eigenvalue weighted by atomic mass is 32.1. The Labute approximate surface area is 168 Å². The van der Waals surface area contributed by atoms with Crippen LogP contribution in [0.25, 0.3) is 16.2 Å². The van der Waals surface area contributed by atoms with Crippen LogP contribution in [0, 0.1) is 12.8 Å². The summed E-state index contributed by atoms with van der Waals surface area (Å²) in [6.07, 6.45) is 2.58. The lowest BCUT2D eigenvalue weighted by molar-refractivity contribution is -0.127. The number of fused-ring (bicyclic) bond motifs is 1. The molecule has 0 radical (unpaired) electrons. The van der Waals surface area contributed by atoms with Crippen LogP contribution in [0.15, 0.2) is 23.4 Å². The number of rotatable bonds is 6. The molecule has 0 aromatic carbocycles. The molecule has 1 saturated heterocycles. The minimum Gasteiger partial charge on any atom is -0.477 e. The van der Waals surface area contributed by atoms with Crippen LogP contribution in [0.4, 0.5) is 5.82 Å². The van der Waals surface area contributed by atoms with Crippen molar-refractivity contribution in [1.82, 2.24) is 18.9 Å². The van der Waals surface area contributed by atoms with E-state index in [1.165, 1.54) is 24.2 Å². The van der Waals surface area contributed by atoms with Gasteiger partial charge in [-0.3, -0.25) is 14.2 Å². The monoisotopic (exact) mass is 415 g/mol. The summed E-state index contributed by atoms with van der Waals surface area (Å²) < 4.78 is 10.3. The SMILES string of the molecule is COCC(=O)C1CN(c2cc(C)c3c(=O)c(C(=O)O)cn(-c4ncns4)c3n2)C1. The number of hydrogen-bond donors (Lipinski definition) is 1. The molecule has 1 N–H and O–H groups in total. The fourth-order valence-electron chi connectivity index (χ4n) is 3.34. The molecule has 11 heteroatoms. The van der Waals surface area contributed by atoms with Crippen molar-refractivity contribution in [3.8, 4) is 5.13 Å². The van der Waals surface area contributed by atoms with Crippen molar-refractivity contribution >= 4 is 40.1 Å². The number of methoxy groups -OCH3 is 1. The number of ether oxygens (including phenoxy) is 1. The van der Waals surface area contributed by atoms with Crippen LogP contribution in [0.2, 0.25) is 0 Å². The Hall–Kier alpha value is -3.18. The number of aromatic nitrogens is 4. The average Bonchev–Trinajstić information content (AvgIpc) is 3.14. The normalized spacial score (nSPS) is 14.2. The quantitative estimate of drug-likeness (QED) is 0.624. The van der Waals surface area contributed by atoms with Crippen molar-refractivity contribution in [2.45, 2.75) is 6.92 Å². The van der Waals surface area contributed by atoms with Crippen LogP contribution in [0.1, 0.15) is 15.9 Å². The largest absolute Gasteiger partial charge is 0.477 e. The van der Waals surface area contributed by atoms with E-state index in [1.807, 2.05) is 4.90 Å². The van der Waals surface area contributed by atoms with Crippen molar-refractivity contribution in [2.75, 3.05) is 31.7 Å². The summed E-state index contributed by atoms with van der Waals surface area (Å²) in [4.78, 5) is 46.9. The van der Waals surface area contributed by atoms with Gasteiger partial charge in [0.2, 0.25) is 10.6 Å². The Morgan fingerprint density at radius 3 is 2.76 bits per heavy atom. The number of hydrogen-bond acceptors (Lipinski definition) is 9. The molecule has 0 spiro atoms. The van der Waals surface area contributed by atoms with Gasteiger partial charge in [-0.15, -0.1) is 0 Å². The average molecular weight is 415 g/mol. The molecule has 3 aromatic heterocycles. The van der Waals surface area contributed by atoms with Gasteiger partial charge in [-0.05, 0) is 18.6 Å². The zero-order valence-electron chi connectivity index (χ0n) is 15.7. The first-order chi connectivity index (χ1) is 13.9. The topological polar surface area (TPSA) is 128 Å². The molecule has 3 aromatic rings. The van der Waals surface area contributed by atoms with Crippen LogP contribution in [-0.2, 0) is 9.53 Å². The van der Waals surface area contributed by atoms with Gasteiger partial charge < -0.3 is 14.7 Å². The van der Waals surface area contributed by atoms with Gasteiger partial charge in [0.25, 0.3) is 0 Å². The third kappa shape index (κ3) is 3.28. The Bertz CT molecular complexity index is 1170.